The largest absolute Gasteiger partial charge is 0.485 e. The van der Waals surface area contributed by atoms with E-state index in [0.717, 1.165) is 11.1 Å². The summed E-state index contributed by atoms with van der Waals surface area (Å²) in [6.45, 7) is 14.8. The predicted molar refractivity (Wildman–Crippen MR) is 116 cm³/mol. The minimum atomic E-state index is -0.238. The van der Waals surface area contributed by atoms with E-state index >= 15 is 0 Å². The molecule has 0 aliphatic carbocycles. The van der Waals surface area contributed by atoms with Crippen LogP contribution in [0.15, 0.2) is 72.8 Å². The molecule has 0 atom stereocenters. The SMILES string of the molecule is C=C(C)C(=O)COc1ccc(C(C)(C)c2ccc(OCC(=O)C(=C)C)cc2)cc1. The number of rotatable bonds is 10. The molecule has 0 saturated heterocycles. The molecule has 0 unspecified atom stereocenters. The molecule has 2 aromatic rings. The summed E-state index contributed by atoms with van der Waals surface area (Å²) in [5, 5.41) is 0. The van der Waals surface area contributed by atoms with E-state index in [4.69, 9.17) is 9.47 Å². The number of hydrogen-bond donors (Lipinski definition) is 0. The first-order valence-corrected chi connectivity index (χ1v) is 9.45. The third-order valence-electron chi connectivity index (χ3n) is 4.84. The van der Waals surface area contributed by atoms with Crippen LogP contribution in [-0.2, 0) is 15.0 Å². The number of carbonyl (C=O) groups excluding carboxylic acids is 2. The average molecular weight is 392 g/mol. The Morgan fingerprint density at radius 3 is 1.31 bits per heavy atom. The zero-order valence-corrected chi connectivity index (χ0v) is 17.6. The van der Waals surface area contributed by atoms with Gasteiger partial charge >= 0.3 is 0 Å². The van der Waals surface area contributed by atoms with Crippen molar-refractivity contribution in [3.63, 3.8) is 0 Å². The van der Waals surface area contributed by atoms with Crippen molar-refractivity contribution in [1.82, 2.24) is 0 Å². The molecule has 0 spiro atoms. The van der Waals surface area contributed by atoms with E-state index in [1.807, 2.05) is 48.5 Å². The molecule has 0 bridgehead atoms. The first-order valence-electron chi connectivity index (χ1n) is 9.45. The Morgan fingerprint density at radius 2 is 1.03 bits per heavy atom. The van der Waals surface area contributed by atoms with Crippen LogP contribution < -0.4 is 9.47 Å². The fourth-order valence-electron chi connectivity index (χ4n) is 2.65. The van der Waals surface area contributed by atoms with Crippen molar-refractivity contribution in [3.8, 4) is 11.5 Å². The van der Waals surface area contributed by atoms with Crippen molar-refractivity contribution < 1.29 is 19.1 Å². The molecule has 2 aromatic carbocycles. The van der Waals surface area contributed by atoms with E-state index in [1.165, 1.54) is 0 Å². The van der Waals surface area contributed by atoms with Gasteiger partial charge in [-0.2, -0.15) is 0 Å². The lowest BCUT2D eigenvalue weighted by atomic mass is 9.78. The van der Waals surface area contributed by atoms with E-state index in [2.05, 4.69) is 27.0 Å². The Kier molecular flexibility index (Phi) is 7.16. The van der Waals surface area contributed by atoms with Crippen LogP contribution in [0.5, 0.6) is 11.5 Å². The molecule has 0 aromatic heterocycles. The number of hydrogen-bond acceptors (Lipinski definition) is 4. The van der Waals surface area contributed by atoms with Crippen LogP contribution in [0.3, 0.4) is 0 Å². The van der Waals surface area contributed by atoms with Gasteiger partial charge in [0.1, 0.15) is 11.5 Å². The van der Waals surface area contributed by atoms with Crippen molar-refractivity contribution in [2.24, 2.45) is 0 Å². The van der Waals surface area contributed by atoms with Gasteiger partial charge in [0.05, 0.1) is 0 Å². The highest BCUT2D eigenvalue weighted by atomic mass is 16.5. The lowest BCUT2D eigenvalue weighted by Crippen LogP contribution is -2.19. The van der Waals surface area contributed by atoms with Crippen molar-refractivity contribution in [1.29, 1.82) is 0 Å². The minimum Gasteiger partial charge on any atom is -0.485 e. The average Bonchev–Trinajstić information content (AvgIpc) is 2.70. The van der Waals surface area contributed by atoms with Crippen LogP contribution in [0.25, 0.3) is 0 Å². The van der Waals surface area contributed by atoms with E-state index in [0.29, 0.717) is 22.6 Å². The van der Waals surface area contributed by atoms with Crippen LogP contribution >= 0.6 is 0 Å². The molecule has 0 fully saturated rings. The fraction of sp³-hybridized carbons (Fsp3) is 0.280. The highest BCUT2D eigenvalue weighted by Crippen LogP contribution is 2.33. The Balaban J connectivity index is 2.05. The number of benzene rings is 2. The fourth-order valence-corrected chi connectivity index (χ4v) is 2.65. The maximum atomic E-state index is 11.6. The van der Waals surface area contributed by atoms with Gasteiger partial charge in [-0.15, -0.1) is 0 Å². The van der Waals surface area contributed by atoms with Crippen LogP contribution in [0.4, 0.5) is 0 Å². The second-order valence-corrected chi connectivity index (χ2v) is 7.66. The predicted octanol–water partition coefficient (Wildman–Crippen LogP) is 5.06. The van der Waals surface area contributed by atoms with Gasteiger partial charge in [0.15, 0.2) is 24.8 Å². The van der Waals surface area contributed by atoms with Crippen LogP contribution in [-0.4, -0.2) is 24.8 Å². The van der Waals surface area contributed by atoms with Gasteiger partial charge in [-0.05, 0) is 60.4 Å². The van der Waals surface area contributed by atoms with Crippen LogP contribution in [0, 0.1) is 0 Å². The van der Waals surface area contributed by atoms with Gasteiger partial charge < -0.3 is 9.47 Å². The summed E-state index contributed by atoms with van der Waals surface area (Å²) >= 11 is 0. The van der Waals surface area contributed by atoms with Gasteiger partial charge in [0.2, 0.25) is 0 Å². The minimum absolute atomic E-state index is 0.00653. The molecule has 0 amide bonds. The number of carbonyl (C=O) groups is 2. The van der Waals surface area contributed by atoms with Gasteiger partial charge in [-0.3, -0.25) is 9.59 Å². The highest BCUT2D eigenvalue weighted by molar-refractivity contribution is 5.95. The molecule has 0 aliphatic heterocycles. The molecule has 0 aliphatic rings. The molecular weight excluding hydrogens is 364 g/mol. The molecule has 0 radical (unpaired) electrons. The molecule has 0 saturated carbocycles. The molecule has 4 nitrogen and oxygen atoms in total. The van der Waals surface area contributed by atoms with E-state index in [-0.39, 0.29) is 30.2 Å². The van der Waals surface area contributed by atoms with Crippen molar-refractivity contribution in [2.45, 2.75) is 33.1 Å². The first kappa shape index (κ1) is 22.2. The quantitative estimate of drug-likeness (QED) is 0.530. The summed E-state index contributed by atoms with van der Waals surface area (Å²) in [7, 11) is 0. The normalized spacial score (nSPS) is 10.9. The number of Topliss-reactive ketones (excluding diaryl/α,β-unsaturated/α-hetero) is 2. The molecular formula is C25H28O4. The summed E-state index contributed by atoms with van der Waals surface area (Å²) in [6, 6.07) is 15.4. The Bertz CT molecular complexity index is 827. The molecule has 4 heteroatoms. The van der Waals surface area contributed by atoms with Crippen molar-refractivity contribution >= 4 is 11.6 Å². The molecule has 0 N–H and O–H groups in total. The van der Waals surface area contributed by atoms with Crippen LogP contribution in [0.2, 0.25) is 0 Å². The maximum Gasteiger partial charge on any atom is 0.195 e. The summed E-state index contributed by atoms with van der Waals surface area (Å²) < 4.78 is 11.0. The summed E-state index contributed by atoms with van der Waals surface area (Å²) in [5.74, 6) is 1.07. The van der Waals surface area contributed by atoms with E-state index in [9.17, 15) is 9.59 Å². The van der Waals surface area contributed by atoms with Crippen LogP contribution in [0.1, 0.15) is 38.8 Å². The summed E-state index contributed by atoms with van der Waals surface area (Å²) in [6.07, 6.45) is 0. The van der Waals surface area contributed by atoms with Crippen molar-refractivity contribution in [3.05, 3.63) is 84.0 Å². The van der Waals surface area contributed by atoms with Crippen molar-refractivity contribution in [2.75, 3.05) is 13.2 Å². The standard InChI is InChI=1S/C25H28O4/c1-17(2)23(26)15-28-21-11-7-19(8-12-21)25(5,6)20-9-13-22(14-10-20)29-16-24(27)18(3)4/h7-14H,1,3,15-16H2,2,4-6H3. The lowest BCUT2D eigenvalue weighted by molar-refractivity contribution is -0.118. The first-order chi connectivity index (χ1) is 13.6. The molecule has 0 heterocycles. The molecule has 2 rings (SSSR count). The third-order valence-corrected chi connectivity index (χ3v) is 4.84. The van der Waals surface area contributed by atoms with E-state index < -0.39 is 0 Å². The van der Waals surface area contributed by atoms with E-state index in [1.54, 1.807) is 13.8 Å². The molecule has 29 heavy (non-hydrogen) atoms. The monoisotopic (exact) mass is 392 g/mol. The second kappa shape index (κ2) is 9.37. The second-order valence-electron chi connectivity index (χ2n) is 7.66. The Labute approximate surface area is 172 Å². The smallest absolute Gasteiger partial charge is 0.195 e. The zero-order valence-electron chi connectivity index (χ0n) is 17.6. The number of ether oxygens (including phenoxy) is 2. The Hall–Kier alpha value is -3.14. The lowest BCUT2D eigenvalue weighted by Gasteiger charge is -2.26. The molecule has 152 valence electrons. The maximum absolute atomic E-state index is 11.6. The summed E-state index contributed by atoms with van der Waals surface area (Å²) in [4.78, 5) is 23.2. The van der Waals surface area contributed by atoms with Gasteiger partial charge in [-0.25, -0.2) is 0 Å². The Morgan fingerprint density at radius 1 is 0.724 bits per heavy atom. The summed E-state index contributed by atoms with van der Waals surface area (Å²) in [5.41, 5.74) is 2.96. The topological polar surface area (TPSA) is 52.6 Å². The highest BCUT2D eigenvalue weighted by Gasteiger charge is 2.23. The van der Waals surface area contributed by atoms with Gasteiger partial charge in [-0.1, -0.05) is 51.3 Å². The number of ketones is 2. The van der Waals surface area contributed by atoms with Gasteiger partial charge in [0.25, 0.3) is 0 Å². The van der Waals surface area contributed by atoms with Gasteiger partial charge in [0, 0.05) is 5.41 Å². The zero-order chi connectivity index (χ0) is 21.6. The third kappa shape index (κ3) is 5.92.